The molecule has 0 radical (unpaired) electrons. The largest absolute Gasteiger partial charge is 0.440 e. The number of imidazole rings is 1. The molecular weight excluding hydrogens is 314 g/mol. The molecule has 1 aliphatic rings. The second kappa shape index (κ2) is 5.58. The molecule has 0 spiro atoms. The number of pyridine rings is 1. The van der Waals surface area contributed by atoms with Gasteiger partial charge in [0.1, 0.15) is 11.0 Å². The maximum Gasteiger partial charge on any atom is 0.207 e. The monoisotopic (exact) mass is 333 g/mol. The fourth-order valence-electron chi connectivity index (χ4n) is 3.72. The Hall–Kier alpha value is -2.89. The molecule has 0 saturated carbocycles. The van der Waals surface area contributed by atoms with Gasteiger partial charge in [0.2, 0.25) is 5.95 Å². The number of rotatable bonds is 2. The topological polar surface area (TPSA) is 60.0 Å². The summed E-state index contributed by atoms with van der Waals surface area (Å²) in [5, 5.41) is 0. The van der Waals surface area contributed by atoms with Crippen molar-refractivity contribution in [3.05, 3.63) is 48.5 Å². The van der Waals surface area contributed by atoms with Crippen LogP contribution in [0.3, 0.4) is 0 Å². The lowest BCUT2D eigenvalue weighted by Crippen LogP contribution is -2.36. The van der Waals surface area contributed by atoms with Crippen molar-refractivity contribution in [1.82, 2.24) is 19.5 Å². The molecule has 25 heavy (non-hydrogen) atoms. The first-order chi connectivity index (χ1) is 12.3. The molecular formula is C19H19N5O. The highest BCUT2D eigenvalue weighted by Gasteiger charge is 2.28. The summed E-state index contributed by atoms with van der Waals surface area (Å²) in [6.45, 7) is 1.86. The molecule has 1 unspecified atom stereocenters. The zero-order valence-electron chi connectivity index (χ0n) is 14.1. The first-order valence-electron chi connectivity index (χ1n) is 8.67. The number of hydrogen-bond donors (Lipinski definition) is 0. The fourth-order valence-corrected chi connectivity index (χ4v) is 3.72. The molecule has 1 saturated heterocycles. The minimum Gasteiger partial charge on any atom is -0.440 e. The summed E-state index contributed by atoms with van der Waals surface area (Å²) in [6.07, 6.45) is 4.00. The summed E-state index contributed by atoms with van der Waals surface area (Å²) in [5.41, 5.74) is 3.65. The molecule has 126 valence electrons. The SMILES string of the molecule is Cn1c(N2CCCC(c3nc4ccccc4o3)C2)nc2cccnc21. The van der Waals surface area contributed by atoms with Gasteiger partial charge in [-0.15, -0.1) is 0 Å². The molecule has 3 aromatic heterocycles. The molecule has 0 aliphatic carbocycles. The lowest BCUT2D eigenvalue weighted by Gasteiger charge is -2.31. The van der Waals surface area contributed by atoms with E-state index in [1.807, 2.05) is 49.6 Å². The Morgan fingerprint density at radius 1 is 1.08 bits per heavy atom. The average Bonchev–Trinajstić information content (AvgIpc) is 3.24. The van der Waals surface area contributed by atoms with E-state index in [9.17, 15) is 0 Å². The summed E-state index contributed by atoms with van der Waals surface area (Å²) in [4.78, 5) is 16.2. The third-order valence-electron chi connectivity index (χ3n) is 4.97. The van der Waals surface area contributed by atoms with Crippen LogP contribution in [0.4, 0.5) is 5.95 Å². The van der Waals surface area contributed by atoms with Crippen LogP contribution in [0, 0.1) is 0 Å². The zero-order chi connectivity index (χ0) is 16.8. The fraction of sp³-hybridized carbons (Fsp3) is 0.316. The predicted octanol–water partition coefficient (Wildman–Crippen LogP) is 3.49. The number of piperidine rings is 1. The second-order valence-electron chi connectivity index (χ2n) is 6.62. The zero-order valence-corrected chi connectivity index (χ0v) is 14.1. The maximum absolute atomic E-state index is 6.00. The third-order valence-corrected chi connectivity index (χ3v) is 4.97. The number of para-hydroxylation sites is 2. The Kier molecular flexibility index (Phi) is 3.23. The predicted molar refractivity (Wildman–Crippen MR) is 96.7 cm³/mol. The van der Waals surface area contributed by atoms with E-state index in [4.69, 9.17) is 14.4 Å². The van der Waals surface area contributed by atoms with Crippen LogP contribution in [0.1, 0.15) is 24.7 Å². The summed E-state index contributed by atoms with van der Waals surface area (Å²) >= 11 is 0. The molecule has 1 atom stereocenters. The van der Waals surface area contributed by atoms with Crippen molar-refractivity contribution in [2.75, 3.05) is 18.0 Å². The highest BCUT2D eigenvalue weighted by atomic mass is 16.3. The van der Waals surface area contributed by atoms with E-state index in [1.165, 1.54) is 0 Å². The van der Waals surface area contributed by atoms with Crippen molar-refractivity contribution >= 4 is 28.2 Å². The Morgan fingerprint density at radius 3 is 2.84 bits per heavy atom. The highest BCUT2D eigenvalue weighted by molar-refractivity contribution is 5.74. The number of aromatic nitrogens is 4. The van der Waals surface area contributed by atoms with E-state index in [1.54, 1.807) is 0 Å². The molecule has 6 nitrogen and oxygen atoms in total. The Morgan fingerprint density at radius 2 is 1.96 bits per heavy atom. The van der Waals surface area contributed by atoms with E-state index in [0.29, 0.717) is 0 Å². The van der Waals surface area contributed by atoms with Crippen LogP contribution in [0.5, 0.6) is 0 Å². The van der Waals surface area contributed by atoms with Crippen LogP contribution >= 0.6 is 0 Å². The lowest BCUT2D eigenvalue weighted by molar-refractivity contribution is 0.410. The summed E-state index contributed by atoms with van der Waals surface area (Å²) < 4.78 is 8.08. The molecule has 4 aromatic rings. The standard InChI is InChI=1S/C19H19N5O/c1-23-17-15(8-4-10-20-17)22-19(23)24-11-5-6-13(12-24)18-21-14-7-2-3-9-16(14)25-18/h2-4,7-10,13H,5-6,11-12H2,1H3. The van der Waals surface area contributed by atoms with Crippen molar-refractivity contribution in [2.24, 2.45) is 7.05 Å². The number of aryl methyl sites for hydroxylation is 1. The van der Waals surface area contributed by atoms with Crippen LogP contribution in [-0.4, -0.2) is 32.6 Å². The number of anilines is 1. The molecule has 0 bridgehead atoms. The third kappa shape index (κ3) is 2.36. The summed E-state index contributed by atoms with van der Waals surface area (Å²) in [6, 6.07) is 11.9. The quantitative estimate of drug-likeness (QED) is 0.562. The van der Waals surface area contributed by atoms with Gasteiger partial charge in [-0.3, -0.25) is 4.57 Å². The van der Waals surface area contributed by atoms with Crippen molar-refractivity contribution in [3.63, 3.8) is 0 Å². The van der Waals surface area contributed by atoms with Gasteiger partial charge >= 0.3 is 0 Å². The van der Waals surface area contributed by atoms with Crippen molar-refractivity contribution in [1.29, 1.82) is 0 Å². The Balaban J connectivity index is 1.48. The summed E-state index contributed by atoms with van der Waals surface area (Å²) in [5.74, 6) is 2.09. The summed E-state index contributed by atoms with van der Waals surface area (Å²) in [7, 11) is 2.03. The molecule has 1 aliphatic heterocycles. The van der Waals surface area contributed by atoms with Crippen LogP contribution in [0.2, 0.25) is 0 Å². The highest BCUT2D eigenvalue weighted by Crippen LogP contribution is 2.31. The maximum atomic E-state index is 6.00. The van der Waals surface area contributed by atoms with Gasteiger partial charge in [0.25, 0.3) is 0 Å². The van der Waals surface area contributed by atoms with Crippen LogP contribution in [-0.2, 0) is 7.05 Å². The van der Waals surface area contributed by atoms with Gasteiger partial charge < -0.3 is 9.32 Å². The van der Waals surface area contributed by atoms with Gasteiger partial charge in [-0.2, -0.15) is 0 Å². The number of nitrogens with zero attached hydrogens (tertiary/aromatic N) is 5. The Labute approximate surface area is 145 Å². The minimum atomic E-state index is 0.286. The van der Waals surface area contributed by atoms with Gasteiger partial charge in [-0.25, -0.2) is 15.0 Å². The van der Waals surface area contributed by atoms with Crippen molar-refractivity contribution < 1.29 is 4.42 Å². The van der Waals surface area contributed by atoms with Crippen LogP contribution in [0.25, 0.3) is 22.3 Å². The normalized spacial score (nSPS) is 18.3. The van der Waals surface area contributed by atoms with Crippen molar-refractivity contribution in [3.8, 4) is 0 Å². The first-order valence-corrected chi connectivity index (χ1v) is 8.67. The van der Waals surface area contributed by atoms with Gasteiger partial charge in [0.15, 0.2) is 17.1 Å². The second-order valence-corrected chi connectivity index (χ2v) is 6.62. The molecule has 6 heteroatoms. The molecule has 1 aromatic carbocycles. The molecule has 1 fully saturated rings. The molecule has 5 rings (SSSR count). The van der Waals surface area contributed by atoms with Gasteiger partial charge in [-0.1, -0.05) is 12.1 Å². The smallest absolute Gasteiger partial charge is 0.207 e. The van der Waals surface area contributed by atoms with E-state index in [-0.39, 0.29) is 5.92 Å². The van der Waals surface area contributed by atoms with Gasteiger partial charge in [0.05, 0.1) is 5.92 Å². The molecule has 4 heterocycles. The molecule has 0 N–H and O–H groups in total. The van der Waals surface area contributed by atoms with E-state index in [0.717, 1.165) is 60.0 Å². The minimum absolute atomic E-state index is 0.286. The Bertz CT molecular complexity index is 1020. The number of hydrogen-bond acceptors (Lipinski definition) is 5. The van der Waals surface area contributed by atoms with E-state index >= 15 is 0 Å². The van der Waals surface area contributed by atoms with Crippen LogP contribution < -0.4 is 4.90 Å². The van der Waals surface area contributed by atoms with E-state index < -0.39 is 0 Å². The van der Waals surface area contributed by atoms with Crippen molar-refractivity contribution in [2.45, 2.75) is 18.8 Å². The van der Waals surface area contributed by atoms with Gasteiger partial charge in [0, 0.05) is 26.3 Å². The first kappa shape index (κ1) is 14.5. The number of oxazole rings is 1. The number of benzene rings is 1. The van der Waals surface area contributed by atoms with Crippen LogP contribution in [0.15, 0.2) is 47.0 Å². The van der Waals surface area contributed by atoms with Gasteiger partial charge in [-0.05, 0) is 37.1 Å². The average molecular weight is 333 g/mol. The molecule has 0 amide bonds. The number of fused-ring (bicyclic) bond motifs is 2. The van der Waals surface area contributed by atoms with E-state index in [2.05, 4.69) is 14.5 Å². The lowest BCUT2D eigenvalue weighted by atomic mass is 9.98.